The quantitative estimate of drug-likeness (QED) is 0.393. The maximum atomic E-state index is 5.52. The van der Waals surface area contributed by atoms with E-state index < -0.39 is 0 Å². The van der Waals surface area contributed by atoms with Crippen molar-refractivity contribution in [3.8, 4) is 16.3 Å². The van der Waals surface area contributed by atoms with E-state index in [-0.39, 0.29) is 0 Å². The largest absolute Gasteiger partial charge is 0.378 e. The first kappa shape index (κ1) is 20.2. The van der Waals surface area contributed by atoms with Gasteiger partial charge in [0.05, 0.1) is 24.6 Å². The number of ether oxygens (including phenoxy) is 1. The Morgan fingerprint density at radius 3 is 2.55 bits per heavy atom. The van der Waals surface area contributed by atoms with Gasteiger partial charge in [0, 0.05) is 29.8 Å². The average Bonchev–Trinajstić information content (AvgIpc) is 3.47. The van der Waals surface area contributed by atoms with Gasteiger partial charge >= 0.3 is 0 Å². The number of thioether (sulfide) groups is 1. The van der Waals surface area contributed by atoms with Crippen LogP contribution in [0.2, 0.25) is 0 Å². The van der Waals surface area contributed by atoms with Gasteiger partial charge in [-0.05, 0) is 19.1 Å². The lowest BCUT2D eigenvalue weighted by Crippen LogP contribution is -2.37. The van der Waals surface area contributed by atoms with Crippen molar-refractivity contribution >= 4 is 29.0 Å². The van der Waals surface area contributed by atoms with Crippen LogP contribution in [-0.4, -0.2) is 46.1 Å². The summed E-state index contributed by atoms with van der Waals surface area (Å²) in [6.07, 6.45) is 0. The molecule has 1 saturated heterocycles. The van der Waals surface area contributed by atoms with E-state index in [4.69, 9.17) is 9.72 Å². The number of benzene rings is 2. The van der Waals surface area contributed by atoms with E-state index in [0.29, 0.717) is 13.2 Å². The predicted molar refractivity (Wildman–Crippen MR) is 126 cm³/mol. The molecule has 1 fully saturated rings. The fourth-order valence-electron chi connectivity index (χ4n) is 3.47. The SMILES string of the molecule is Cc1ccc(-n2c(SCc3csc(-c4ccccc4)n3)nnc2N2CCOCC2)cc1. The molecule has 0 bridgehead atoms. The summed E-state index contributed by atoms with van der Waals surface area (Å²) in [6.45, 7) is 5.16. The van der Waals surface area contributed by atoms with Crippen molar-refractivity contribution in [2.45, 2.75) is 17.8 Å². The lowest BCUT2D eigenvalue weighted by molar-refractivity contribution is 0.122. The van der Waals surface area contributed by atoms with Crippen molar-refractivity contribution < 1.29 is 4.74 Å². The maximum absolute atomic E-state index is 5.52. The molecule has 5 rings (SSSR count). The third-order valence-electron chi connectivity index (χ3n) is 5.12. The minimum Gasteiger partial charge on any atom is -0.378 e. The van der Waals surface area contributed by atoms with Gasteiger partial charge in [0.2, 0.25) is 5.95 Å². The minimum absolute atomic E-state index is 0.713. The molecule has 0 saturated carbocycles. The van der Waals surface area contributed by atoms with Crippen LogP contribution in [0, 0.1) is 6.92 Å². The Balaban J connectivity index is 1.40. The fraction of sp³-hybridized carbons (Fsp3) is 0.261. The van der Waals surface area contributed by atoms with Crippen LogP contribution >= 0.6 is 23.1 Å². The topological polar surface area (TPSA) is 56.1 Å². The van der Waals surface area contributed by atoms with Gasteiger partial charge in [-0.2, -0.15) is 0 Å². The van der Waals surface area contributed by atoms with Crippen LogP contribution in [0.4, 0.5) is 5.95 Å². The molecule has 31 heavy (non-hydrogen) atoms. The number of nitrogens with zero attached hydrogens (tertiary/aromatic N) is 5. The molecule has 1 aliphatic rings. The van der Waals surface area contributed by atoms with Gasteiger partial charge in [0.25, 0.3) is 0 Å². The first-order valence-corrected chi connectivity index (χ1v) is 12.1. The fourth-order valence-corrected chi connectivity index (χ4v) is 5.24. The summed E-state index contributed by atoms with van der Waals surface area (Å²) >= 11 is 3.35. The highest BCUT2D eigenvalue weighted by atomic mass is 32.2. The molecule has 3 heterocycles. The van der Waals surface area contributed by atoms with Crippen LogP contribution in [0.1, 0.15) is 11.3 Å². The molecule has 8 heteroatoms. The summed E-state index contributed by atoms with van der Waals surface area (Å²) in [5.74, 6) is 1.62. The third-order valence-corrected chi connectivity index (χ3v) is 7.03. The van der Waals surface area contributed by atoms with E-state index >= 15 is 0 Å². The number of hydrogen-bond donors (Lipinski definition) is 0. The highest BCUT2D eigenvalue weighted by molar-refractivity contribution is 7.98. The predicted octanol–water partition coefficient (Wildman–Crippen LogP) is 4.83. The van der Waals surface area contributed by atoms with Gasteiger partial charge in [-0.25, -0.2) is 4.98 Å². The number of aromatic nitrogens is 4. The average molecular weight is 450 g/mol. The summed E-state index contributed by atoms with van der Waals surface area (Å²) in [6, 6.07) is 18.8. The van der Waals surface area contributed by atoms with Crippen molar-refractivity contribution in [3.63, 3.8) is 0 Å². The van der Waals surface area contributed by atoms with Crippen LogP contribution in [0.3, 0.4) is 0 Å². The molecule has 0 aliphatic carbocycles. The van der Waals surface area contributed by atoms with Gasteiger partial charge in [-0.15, -0.1) is 21.5 Å². The van der Waals surface area contributed by atoms with Gasteiger partial charge in [-0.1, -0.05) is 59.8 Å². The van der Waals surface area contributed by atoms with E-state index in [2.05, 4.69) is 68.4 Å². The van der Waals surface area contributed by atoms with E-state index in [1.165, 1.54) is 5.56 Å². The third kappa shape index (κ3) is 4.51. The molecule has 0 spiro atoms. The van der Waals surface area contributed by atoms with E-state index in [1.54, 1.807) is 23.1 Å². The molecule has 0 atom stereocenters. The Labute approximate surface area is 189 Å². The second kappa shape index (κ2) is 9.21. The number of aryl methyl sites for hydroxylation is 1. The van der Waals surface area contributed by atoms with Crippen LogP contribution in [0.5, 0.6) is 0 Å². The van der Waals surface area contributed by atoms with Crippen LogP contribution in [0.25, 0.3) is 16.3 Å². The molecule has 0 radical (unpaired) electrons. The maximum Gasteiger partial charge on any atom is 0.232 e. The summed E-state index contributed by atoms with van der Waals surface area (Å²) < 4.78 is 7.67. The van der Waals surface area contributed by atoms with Crippen molar-refractivity contribution in [1.29, 1.82) is 0 Å². The molecule has 158 valence electrons. The van der Waals surface area contributed by atoms with Crippen molar-refractivity contribution in [2.24, 2.45) is 0 Å². The Kier molecular flexibility index (Phi) is 6.01. The van der Waals surface area contributed by atoms with Crippen molar-refractivity contribution in [1.82, 2.24) is 19.7 Å². The smallest absolute Gasteiger partial charge is 0.232 e. The van der Waals surface area contributed by atoms with E-state index in [1.807, 2.05) is 18.2 Å². The number of rotatable bonds is 6. The zero-order chi connectivity index (χ0) is 21.0. The van der Waals surface area contributed by atoms with Crippen molar-refractivity contribution in [2.75, 3.05) is 31.2 Å². The molecule has 0 amide bonds. The number of morpholine rings is 1. The lowest BCUT2D eigenvalue weighted by Gasteiger charge is -2.27. The molecule has 6 nitrogen and oxygen atoms in total. The standard InChI is InChI=1S/C23H23N5OS2/c1-17-7-9-20(10-8-17)28-22(27-11-13-29-14-12-27)25-26-23(28)31-16-19-15-30-21(24-19)18-5-3-2-4-6-18/h2-10,15H,11-14,16H2,1H3. The lowest BCUT2D eigenvalue weighted by atomic mass is 10.2. The Morgan fingerprint density at radius 2 is 1.77 bits per heavy atom. The van der Waals surface area contributed by atoms with Crippen LogP contribution < -0.4 is 4.90 Å². The van der Waals surface area contributed by atoms with Gasteiger partial charge < -0.3 is 9.64 Å². The minimum atomic E-state index is 0.713. The first-order valence-electron chi connectivity index (χ1n) is 10.3. The van der Waals surface area contributed by atoms with Gasteiger partial charge in [-0.3, -0.25) is 4.57 Å². The molecule has 1 aliphatic heterocycles. The Hall–Kier alpha value is -2.68. The highest BCUT2D eigenvalue weighted by Crippen LogP contribution is 2.31. The number of thiazole rings is 1. The number of anilines is 1. The molecule has 2 aromatic carbocycles. The van der Waals surface area contributed by atoms with E-state index in [9.17, 15) is 0 Å². The first-order chi connectivity index (χ1) is 15.3. The van der Waals surface area contributed by atoms with Crippen molar-refractivity contribution in [3.05, 3.63) is 71.2 Å². The van der Waals surface area contributed by atoms with Crippen LogP contribution in [-0.2, 0) is 10.5 Å². The zero-order valence-electron chi connectivity index (χ0n) is 17.3. The van der Waals surface area contributed by atoms with E-state index in [0.717, 1.165) is 51.9 Å². The summed E-state index contributed by atoms with van der Waals surface area (Å²) in [5, 5.41) is 13.1. The molecule has 0 unspecified atom stereocenters. The monoisotopic (exact) mass is 449 g/mol. The zero-order valence-corrected chi connectivity index (χ0v) is 18.9. The Bertz CT molecular complexity index is 1130. The summed E-state index contributed by atoms with van der Waals surface area (Å²) in [4.78, 5) is 7.07. The van der Waals surface area contributed by atoms with Gasteiger partial charge in [0.1, 0.15) is 5.01 Å². The number of hydrogen-bond acceptors (Lipinski definition) is 7. The highest BCUT2D eigenvalue weighted by Gasteiger charge is 2.22. The van der Waals surface area contributed by atoms with Gasteiger partial charge in [0.15, 0.2) is 5.16 Å². The Morgan fingerprint density at radius 1 is 1.00 bits per heavy atom. The molecule has 0 N–H and O–H groups in total. The second-order valence-electron chi connectivity index (χ2n) is 7.35. The normalized spacial score (nSPS) is 14.2. The molecular formula is C23H23N5OS2. The summed E-state index contributed by atoms with van der Waals surface area (Å²) in [5.41, 5.74) is 4.51. The van der Waals surface area contributed by atoms with Crippen LogP contribution in [0.15, 0.2) is 65.1 Å². The summed E-state index contributed by atoms with van der Waals surface area (Å²) in [7, 11) is 0. The second-order valence-corrected chi connectivity index (χ2v) is 9.15. The molecule has 2 aromatic heterocycles. The molecular weight excluding hydrogens is 426 g/mol. The molecule has 4 aromatic rings.